The number of hydrogen-bond acceptors (Lipinski definition) is 5. The van der Waals surface area contributed by atoms with Crippen molar-refractivity contribution in [3.8, 4) is 5.75 Å². The number of halogens is 2. The van der Waals surface area contributed by atoms with Crippen molar-refractivity contribution in [2.75, 3.05) is 36.5 Å². The molecular formula is C22H20ClFN2O4. The fourth-order valence-electron chi connectivity index (χ4n) is 3.17. The molecule has 1 N–H and O–H groups in total. The normalized spacial score (nSPS) is 13.9. The van der Waals surface area contributed by atoms with Crippen LogP contribution in [0.25, 0.3) is 0 Å². The van der Waals surface area contributed by atoms with Gasteiger partial charge in [-0.25, -0.2) is 4.39 Å². The zero-order chi connectivity index (χ0) is 20.9. The third kappa shape index (κ3) is 4.75. The summed E-state index contributed by atoms with van der Waals surface area (Å²) in [5.41, 5.74) is 1.37. The smallest absolute Gasteiger partial charge is 0.291 e. The van der Waals surface area contributed by atoms with E-state index in [-0.39, 0.29) is 24.1 Å². The van der Waals surface area contributed by atoms with Crippen LogP contribution in [0.4, 0.5) is 15.8 Å². The van der Waals surface area contributed by atoms with Crippen LogP contribution in [0.1, 0.15) is 16.3 Å². The van der Waals surface area contributed by atoms with Gasteiger partial charge < -0.3 is 24.1 Å². The van der Waals surface area contributed by atoms with Crippen molar-refractivity contribution < 1.29 is 23.1 Å². The van der Waals surface area contributed by atoms with Crippen LogP contribution < -0.4 is 15.0 Å². The van der Waals surface area contributed by atoms with Gasteiger partial charge in [-0.2, -0.15) is 0 Å². The SMILES string of the molecule is O=C(Nc1cccc(Cl)c1N1CCOCC1)c1ccc(COc2ccc(F)cc2)o1. The third-order valence-corrected chi connectivity index (χ3v) is 4.95. The van der Waals surface area contributed by atoms with Crippen LogP contribution in [0, 0.1) is 5.82 Å². The van der Waals surface area contributed by atoms with Crippen molar-refractivity contribution in [1.82, 2.24) is 0 Å². The Labute approximate surface area is 178 Å². The van der Waals surface area contributed by atoms with Gasteiger partial charge in [-0.05, 0) is 48.5 Å². The fraction of sp³-hybridized carbons (Fsp3) is 0.227. The number of rotatable bonds is 6. The van der Waals surface area contributed by atoms with Gasteiger partial charge >= 0.3 is 0 Å². The zero-order valence-corrected chi connectivity index (χ0v) is 16.8. The third-order valence-electron chi connectivity index (χ3n) is 4.64. The monoisotopic (exact) mass is 430 g/mol. The van der Waals surface area contributed by atoms with Crippen molar-refractivity contribution >= 4 is 28.9 Å². The predicted molar refractivity (Wildman–Crippen MR) is 112 cm³/mol. The maximum atomic E-state index is 13.0. The Morgan fingerprint density at radius 2 is 1.87 bits per heavy atom. The number of benzene rings is 2. The number of nitrogens with one attached hydrogen (secondary N) is 1. The topological polar surface area (TPSA) is 63.9 Å². The van der Waals surface area contributed by atoms with Crippen LogP contribution in [-0.2, 0) is 11.3 Å². The highest BCUT2D eigenvalue weighted by Gasteiger charge is 2.20. The van der Waals surface area contributed by atoms with E-state index in [2.05, 4.69) is 10.2 Å². The summed E-state index contributed by atoms with van der Waals surface area (Å²) < 4.78 is 29.5. The Kier molecular flexibility index (Phi) is 6.21. The molecule has 1 aromatic heterocycles. The summed E-state index contributed by atoms with van der Waals surface area (Å²) in [6, 6.07) is 14.3. The Balaban J connectivity index is 1.43. The molecule has 0 bridgehead atoms. The van der Waals surface area contributed by atoms with Crippen molar-refractivity contribution in [1.29, 1.82) is 0 Å². The Hall–Kier alpha value is -3.03. The maximum absolute atomic E-state index is 13.0. The van der Waals surface area contributed by atoms with Gasteiger partial charge in [0.25, 0.3) is 5.91 Å². The van der Waals surface area contributed by atoms with Crippen molar-refractivity contribution in [2.45, 2.75) is 6.61 Å². The highest BCUT2D eigenvalue weighted by Crippen LogP contribution is 2.34. The van der Waals surface area contributed by atoms with E-state index < -0.39 is 0 Å². The van der Waals surface area contributed by atoms with Crippen LogP contribution in [0.15, 0.2) is 59.0 Å². The van der Waals surface area contributed by atoms with Crippen LogP contribution in [-0.4, -0.2) is 32.2 Å². The van der Waals surface area contributed by atoms with Gasteiger partial charge in [-0.15, -0.1) is 0 Å². The summed E-state index contributed by atoms with van der Waals surface area (Å²) in [5.74, 6) is 0.411. The molecule has 0 aliphatic carbocycles. The van der Waals surface area contributed by atoms with Crippen molar-refractivity contribution in [2.24, 2.45) is 0 Å². The van der Waals surface area contributed by atoms with Crippen LogP contribution in [0.3, 0.4) is 0 Å². The van der Waals surface area contributed by atoms with Crippen LogP contribution >= 0.6 is 11.6 Å². The van der Waals surface area contributed by atoms with Gasteiger partial charge in [0.2, 0.25) is 0 Å². The van der Waals surface area contributed by atoms with E-state index in [1.54, 1.807) is 30.3 Å². The number of amides is 1. The average molecular weight is 431 g/mol. The number of carbonyl (C=O) groups is 1. The molecule has 8 heteroatoms. The number of morpholine rings is 1. The highest BCUT2D eigenvalue weighted by molar-refractivity contribution is 6.34. The van der Waals surface area contributed by atoms with Gasteiger partial charge in [0, 0.05) is 13.1 Å². The number of carbonyl (C=O) groups excluding carboxylic acids is 1. The molecule has 2 aromatic carbocycles. The number of hydrogen-bond donors (Lipinski definition) is 1. The second-order valence-corrected chi connectivity index (χ2v) is 7.11. The maximum Gasteiger partial charge on any atom is 0.291 e. The molecule has 0 saturated carbocycles. The number of furan rings is 1. The molecular weight excluding hydrogens is 411 g/mol. The predicted octanol–water partition coefficient (Wildman–Crippen LogP) is 4.74. The van der Waals surface area contributed by atoms with E-state index in [4.69, 9.17) is 25.5 Å². The molecule has 0 radical (unpaired) electrons. The Morgan fingerprint density at radius 3 is 2.63 bits per heavy atom. The van der Waals surface area contributed by atoms with E-state index in [0.29, 0.717) is 48.5 Å². The number of para-hydroxylation sites is 1. The summed E-state index contributed by atoms with van der Waals surface area (Å²) in [6.07, 6.45) is 0. The minimum Gasteiger partial charge on any atom is -0.486 e. The average Bonchev–Trinajstić information content (AvgIpc) is 3.23. The summed E-state index contributed by atoms with van der Waals surface area (Å²) in [7, 11) is 0. The Bertz CT molecular complexity index is 1020. The van der Waals surface area contributed by atoms with Gasteiger partial charge in [0.05, 0.1) is 29.6 Å². The molecule has 0 atom stereocenters. The lowest BCUT2D eigenvalue weighted by molar-refractivity contribution is 0.0992. The molecule has 3 aromatic rings. The Morgan fingerprint density at radius 1 is 1.10 bits per heavy atom. The summed E-state index contributed by atoms with van der Waals surface area (Å²) in [6.45, 7) is 2.72. The number of nitrogens with zero attached hydrogens (tertiary/aromatic N) is 1. The first kappa shape index (κ1) is 20.3. The molecule has 1 fully saturated rings. The van der Waals surface area contributed by atoms with Gasteiger partial charge in [-0.1, -0.05) is 17.7 Å². The number of anilines is 2. The van der Waals surface area contributed by atoms with Gasteiger partial charge in [0.15, 0.2) is 5.76 Å². The lowest BCUT2D eigenvalue weighted by Gasteiger charge is -2.31. The molecule has 0 unspecified atom stereocenters. The van der Waals surface area contributed by atoms with E-state index in [1.165, 1.54) is 24.3 Å². The molecule has 1 aliphatic heterocycles. The second kappa shape index (κ2) is 9.19. The molecule has 2 heterocycles. The van der Waals surface area contributed by atoms with Crippen LogP contribution in [0.2, 0.25) is 5.02 Å². The van der Waals surface area contributed by atoms with E-state index in [0.717, 1.165) is 5.69 Å². The standard InChI is InChI=1S/C22H20ClFN2O4/c23-18-2-1-3-19(21(18)26-10-12-28-13-11-26)25-22(27)20-9-8-17(30-20)14-29-16-6-4-15(24)5-7-16/h1-9H,10-14H2,(H,25,27). The molecule has 1 aliphatic rings. The minimum absolute atomic E-state index is 0.120. The number of ether oxygens (including phenoxy) is 2. The molecule has 0 spiro atoms. The van der Waals surface area contributed by atoms with E-state index in [1.807, 2.05) is 0 Å². The van der Waals surface area contributed by atoms with Gasteiger partial charge in [0.1, 0.15) is 23.9 Å². The van der Waals surface area contributed by atoms with Crippen LogP contribution in [0.5, 0.6) is 5.75 Å². The zero-order valence-electron chi connectivity index (χ0n) is 16.1. The molecule has 156 valence electrons. The first-order chi connectivity index (χ1) is 14.6. The molecule has 4 rings (SSSR count). The molecule has 30 heavy (non-hydrogen) atoms. The van der Waals surface area contributed by atoms with Crippen molar-refractivity contribution in [3.05, 3.63) is 77.0 Å². The van der Waals surface area contributed by atoms with Crippen molar-refractivity contribution in [3.63, 3.8) is 0 Å². The minimum atomic E-state index is -0.389. The van der Waals surface area contributed by atoms with Gasteiger partial charge in [-0.3, -0.25) is 4.79 Å². The van der Waals surface area contributed by atoms with E-state index >= 15 is 0 Å². The fourth-order valence-corrected chi connectivity index (χ4v) is 3.47. The second-order valence-electron chi connectivity index (χ2n) is 6.70. The first-order valence-corrected chi connectivity index (χ1v) is 9.87. The summed E-state index contributed by atoms with van der Waals surface area (Å²) in [4.78, 5) is 14.8. The molecule has 1 amide bonds. The van der Waals surface area contributed by atoms with E-state index in [9.17, 15) is 9.18 Å². The molecule has 6 nitrogen and oxygen atoms in total. The lowest BCUT2D eigenvalue weighted by atomic mass is 10.2. The highest BCUT2D eigenvalue weighted by atomic mass is 35.5. The molecule has 1 saturated heterocycles. The quantitative estimate of drug-likeness (QED) is 0.612. The largest absolute Gasteiger partial charge is 0.486 e. The summed E-state index contributed by atoms with van der Waals surface area (Å²) in [5, 5.41) is 3.43. The lowest BCUT2D eigenvalue weighted by Crippen LogP contribution is -2.37. The summed E-state index contributed by atoms with van der Waals surface area (Å²) >= 11 is 6.41. The first-order valence-electron chi connectivity index (χ1n) is 9.50.